The number of carbonyl (C=O) groups excluding carboxylic acids is 1. The first kappa shape index (κ1) is 28.3. The Morgan fingerprint density at radius 3 is 2.26 bits per heavy atom. The van der Waals surface area contributed by atoms with Crippen LogP contribution in [0.1, 0.15) is 80.4 Å². The second kappa shape index (κ2) is 10.5. The van der Waals surface area contributed by atoms with Gasteiger partial charge in [-0.25, -0.2) is 9.78 Å². The maximum atomic E-state index is 12.8. The number of benzene rings is 1. The van der Waals surface area contributed by atoms with E-state index in [-0.39, 0.29) is 12.1 Å². The average Bonchev–Trinajstić information content (AvgIpc) is 3.22. The number of nitrogens with zero attached hydrogens (tertiary/aromatic N) is 3. The minimum Gasteiger partial charge on any atom is -0.457 e. The summed E-state index contributed by atoms with van der Waals surface area (Å²) in [6.45, 7) is 22.3. The van der Waals surface area contributed by atoms with Crippen LogP contribution in [0.3, 0.4) is 0 Å². The molecule has 1 unspecified atom stereocenters. The molecule has 4 rings (SSSR count). The first-order valence-electron chi connectivity index (χ1n) is 13.8. The summed E-state index contributed by atoms with van der Waals surface area (Å²) in [6.07, 6.45) is 4.59. The highest BCUT2D eigenvalue weighted by Gasteiger charge is 2.37. The summed E-state index contributed by atoms with van der Waals surface area (Å²) < 4.78 is 14.6. The van der Waals surface area contributed by atoms with Crippen molar-refractivity contribution in [3.63, 3.8) is 0 Å². The molecule has 0 radical (unpaired) electrons. The summed E-state index contributed by atoms with van der Waals surface area (Å²) in [6, 6.07) is 10.4. The largest absolute Gasteiger partial charge is 0.457 e. The van der Waals surface area contributed by atoms with Gasteiger partial charge in [0.05, 0.1) is 5.39 Å². The van der Waals surface area contributed by atoms with E-state index in [9.17, 15) is 4.79 Å². The second-order valence-corrected chi connectivity index (χ2v) is 16.9. The van der Waals surface area contributed by atoms with Gasteiger partial charge in [0.15, 0.2) is 5.65 Å². The van der Waals surface area contributed by atoms with Crippen molar-refractivity contribution in [2.24, 2.45) is 0 Å². The maximum Gasteiger partial charge on any atom is 0.410 e. The van der Waals surface area contributed by atoms with Gasteiger partial charge in [-0.3, -0.25) is 3.97 Å². The van der Waals surface area contributed by atoms with Gasteiger partial charge in [-0.1, -0.05) is 47.6 Å². The molecule has 0 saturated heterocycles. The molecule has 0 N–H and O–H groups in total. The molecule has 38 heavy (non-hydrogen) atoms. The number of amides is 1. The lowest BCUT2D eigenvalue weighted by atomic mass is 9.95. The number of fused-ring (bicyclic) bond motifs is 2. The van der Waals surface area contributed by atoms with Crippen LogP contribution in [0.5, 0.6) is 11.5 Å². The maximum absolute atomic E-state index is 12.8. The monoisotopic (exact) mass is 539 g/mol. The zero-order valence-electron chi connectivity index (χ0n) is 24.7. The normalized spacial score (nSPS) is 16.9. The van der Waals surface area contributed by atoms with Crippen LogP contribution >= 0.6 is 10.2 Å². The molecule has 7 heteroatoms. The van der Waals surface area contributed by atoms with Crippen molar-refractivity contribution in [1.29, 1.82) is 0 Å². The molecule has 0 aliphatic carbocycles. The first-order chi connectivity index (χ1) is 17.8. The van der Waals surface area contributed by atoms with Gasteiger partial charge in [0.25, 0.3) is 0 Å². The van der Waals surface area contributed by atoms with Gasteiger partial charge < -0.3 is 14.4 Å². The standard InChI is InChI=1S/C31H45N3O3S/c1-20(2)38(21(3)4,22(5)6)34-16-14-27-28(13-15-32-29(27)34)36-26-12-11-24-17-23(7)33(19-25(24)18-26)30(35)37-31(8,9)10/h11-16,18,20-23H,17,19H2,1-10H3. The Kier molecular flexibility index (Phi) is 7.81. The third-order valence-corrected chi connectivity index (χ3v) is 13.0. The summed E-state index contributed by atoms with van der Waals surface area (Å²) in [5.41, 5.74) is 2.80. The Balaban J connectivity index is 1.66. The SMILES string of the molecule is CC1Cc2ccc(Oc3ccnc4c3ccn4S(C(C)C)(C(C)C)C(C)C)cc2CN1C(=O)OC(C)(C)C. The van der Waals surface area contributed by atoms with E-state index in [4.69, 9.17) is 14.5 Å². The fraction of sp³-hybridized carbons (Fsp3) is 0.548. The molecular formula is C31H45N3O3S. The minimum absolute atomic E-state index is 0.0781. The van der Waals surface area contributed by atoms with Crippen molar-refractivity contribution in [3.05, 3.63) is 53.9 Å². The van der Waals surface area contributed by atoms with E-state index in [1.807, 2.05) is 44.0 Å². The van der Waals surface area contributed by atoms with Crippen molar-refractivity contribution in [1.82, 2.24) is 13.9 Å². The number of aromatic nitrogens is 2. The zero-order chi connectivity index (χ0) is 28.0. The lowest BCUT2D eigenvalue weighted by Crippen LogP contribution is -2.45. The number of carbonyl (C=O) groups is 1. The Hall–Kier alpha value is -2.67. The third-order valence-electron chi connectivity index (χ3n) is 7.54. The van der Waals surface area contributed by atoms with Crippen molar-refractivity contribution in [2.75, 3.05) is 0 Å². The quantitative estimate of drug-likeness (QED) is 0.316. The first-order valence-corrected chi connectivity index (χ1v) is 15.6. The minimum atomic E-state index is -1.19. The van der Waals surface area contributed by atoms with Crippen LogP contribution in [-0.2, 0) is 17.7 Å². The molecule has 1 aromatic carbocycles. The van der Waals surface area contributed by atoms with E-state index in [1.54, 1.807) is 0 Å². The smallest absolute Gasteiger partial charge is 0.410 e. The molecule has 0 spiro atoms. The zero-order valence-corrected chi connectivity index (χ0v) is 25.6. The van der Waals surface area contributed by atoms with E-state index in [2.05, 4.69) is 76.8 Å². The molecule has 3 heterocycles. The lowest BCUT2D eigenvalue weighted by Gasteiger charge is -2.52. The van der Waals surface area contributed by atoms with Gasteiger partial charge >= 0.3 is 6.09 Å². The van der Waals surface area contributed by atoms with Gasteiger partial charge in [0.1, 0.15) is 17.1 Å². The van der Waals surface area contributed by atoms with Gasteiger partial charge in [-0.05, 0) is 69.5 Å². The van der Waals surface area contributed by atoms with Crippen LogP contribution in [0, 0.1) is 0 Å². The fourth-order valence-electron chi connectivity index (χ4n) is 6.12. The highest BCUT2D eigenvalue weighted by Crippen LogP contribution is 2.62. The molecule has 3 aromatic rings. The molecule has 1 aliphatic rings. The van der Waals surface area contributed by atoms with Crippen LogP contribution in [-0.4, -0.2) is 47.3 Å². The van der Waals surface area contributed by atoms with E-state index in [0.717, 1.165) is 34.5 Å². The number of hydrogen-bond acceptors (Lipinski definition) is 4. The Morgan fingerprint density at radius 2 is 1.66 bits per heavy atom. The predicted octanol–water partition coefficient (Wildman–Crippen LogP) is 8.30. The topological polar surface area (TPSA) is 56.6 Å². The van der Waals surface area contributed by atoms with E-state index in [0.29, 0.717) is 22.3 Å². The Labute approximate surface area is 230 Å². The number of rotatable bonds is 6. The number of pyridine rings is 1. The number of hydrogen-bond donors (Lipinski definition) is 0. The molecule has 6 nitrogen and oxygen atoms in total. The third kappa shape index (κ3) is 5.14. The molecule has 2 aromatic heterocycles. The summed E-state index contributed by atoms with van der Waals surface area (Å²) >= 11 is 0. The highest BCUT2D eigenvalue weighted by molar-refractivity contribution is 8.33. The summed E-state index contributed by atoms with van der Waals surface area (Å²) in [5.74, 6) is 1.56. The van der Waals surface area contributed by atoms with Crippen molar-refractivity contribution >= 4 is 27.3 Å². The Morgan fingerprint density at radius 1 is 1.00 bits per heavy atom. The van der Waals surface area contributed by atoms with E-state index in [1.165, 1.54) is 5.56 Å². The van der Waals surface area contributed by atoms with Crippen LogP contribution < -0.4 is 4.74 Å². The Bertz CT molecular complexity index is 1280. The molecule has 1 amide bonds. The van der Waals surface area contributed by atoms with E-state index >= 15 is 0 Å². The van der Waals surface area contributed by atoms with Gasteiger partial charge in [0, 0.05) is 40.7 Å². The molecule has 0 fully saturated rings. The van der Waals surface area contributed by atoms with Crippen LogP contribution in [0.15, 0.2) is 42.7 Å². The molecule has 0 saturated carbocycles. The lowest BCUT2D eigenvalue weighted by molar-refractivity contribution is 0.0138. The average molecular weight is 540 g/mol. The number of ether oxygens (including phenoxy) is 2. The molecule has 1 atom stereocenters. The molecule has 1 aliphatic heterocycles. The van der Waals surface area contributed by atoms with Gasteiger partial charge in [0.2, 0.25) is 0 Å². The van der Waals surface area contributed by atoms with Crippen molar-refractivity contribution in [2.45, 2.75) is 110 Å². The van der Waals surface area contributed by atoms with Crippen LogP contribution in [0.4, 0.5) is 4.79 Å². The predicted molar refractivity (Wildman–Crippen MR) is 160 cm³/mol. The molecular weight excluding hydrogens is 494 g/mol. The van der Waals surface area contributed by atoms with Crippen LogP contribution in [0.25, 0.3) is 11.0 Å². The van der Waals surface area contributed by atoms with E-state index < -0.39 is 15.8 Å². The summed E-state index contributed by atoms with van der Waals surface area (Å²) in [7, 11) is -1.19. The second-order valence-electron chi connectivity index (χ2n) is 12.3. The van der Waals surface area contributed by atoms with Crippen molar-refractivity contribution < 1.29 is 14.3 Å². The van der Waals surface area contributed by atoms with Crippen LogP contribution in [0.2, 0.25) is 0 Å². The van der Waals surface area contributed by atoms with Gasteiger partial charge in [-0.15, -0.1) is 0 Å². The van der Waals surface area contributed by atoms with Crippen molar-refractivity contribution in [3.8, 4) is 11.5 Å². The fourth-order valence-corrected chi connectivity index (χ4v) is 11.5. The summed E-state index contributed by atoms with van der Waals surface area (Å²) in [4.78, 5) is 19.5. The highest BCUT2D eigenvalue weighted by atomic mass is 32.3. The molecule has 0 bridgehead atoms. The summed E-state index contributed by atoms with van der Waals surface area (Å²) in [5, 5.41) is 2.56. The van der Waals surface area contributed by atoms with Gasteiger partial charge in [-0.2, -0.15) is 10.2 Å². The molecule has 208 valence electrons.